The summed E-state index contributed by atoms with van der Waals surface area (Å²) in [5, 5.41) is 14.6. The van der Waals surface area contributed by atoms with Crippen LogP contribution in [0.15, 0.2) is 6.07 Å². The van der Waals surface area contributed by atoms with Crippen molar-refractivity contribution in [3.05, 3.63) is 11.8 Å². The van der Waals surface area contributed by atoms with Crippen LogP contribution in [0.4, 0.5) is 11.8 Å². The largest absolute Gasteiger partial charge is 0.480 e. The van der Waals surface area contributed by atoms with Crippen LogP contribution < -0.4 is 10.6 Å². The lowest BCUT2D eigenvalue weighted by molar-refractivity contribution is -0.134. The normalized spacial score (nSPS) is 14.6. The van der Waals surface area contributed by atoms with Gasteiger partial charge in [0.1, 0.15) is 12.4 Å². The van der Waals surface area contributed by atoms with Crippen LogP contribution in [-0.2, 0) is 4.79 Å². The molecule has 1 heterocycles. The molecule has 1 aromatic rings. The number of aliphatic carboxylic acids is 1. The van der Waals surface area contributed by atoms with Crippen molar-refractivity contribution < 1.29 is 9.90 Å². The summed E-state index contributed by atoms with van der Waals surface area (Å²) in [6.45, 7) is 3.89. The molecule has 1 aliphatic rings. The first-order valence-corrected chi connectivity index (χ1v) is 6.16. The Morgan fingerprint density at radius 2 is 2.22 bits per heavy atom. The van der Waals surface area contributed by atoms with E-state index >= 15 is 0 Å². The Hall–Kier alpha value is -1.85. The molecule has 0 aliphatic heterocycles. The minimum Gasteiger partial charge on any atom is -0.480 e. The average molecular weight is 250 g/mol. The lowest BCUT2D eigenvalue weighted by Gasteiger charge is -2.12. The molecule has 0 bridgehead atoms. The zero-order chi connectivity index (χ0) is 13.1. The van der Waals surface area contributed by atoms with Gasteiger partial charge in [-0.25, -0.2) is 4.98 Å². The zero-order valence-electron chi connectivity index (χ0n) is 10.6. The second-order valence-electron chi connectivity index (χ2n) is 4.82. The van der Waals surface area contributed by atoms with Crippen molar-refractivity contribution in [3.8, 4) is 0 Å². The Bertz CT molecular complexity index is 444. The number of carbonyl (C=O) groups is 1. The van der Waals surface area contributed by atoms with Crippen molar-refractivity contribution in [3.63, 3.8) is 0 Å². The fraction of sp³-hybridized carbons (Fsp3) is 0.583. The number of nitrogens with one attached hydrogen (secondary N) is 2. The maximum Gasteiger partial charge on any atom is 0.322 e. The predicted molar refractivity (Wildman–Crippen MR) is 68.9 cm³/mol. The summed E-state index contributed by atoms with van der Waals surface area (Å²) in [5.74, 6) is 0.708. The van der Waals surface area contributed by atoms with Crippen molar-refractivity contribution in [1.29, 1.82) is 0 Å². The van der Waals surface area contributed by atoms with Crippen LogP contribution in [0.3, 0.4) is 0 Å². The molecule has 3 N–H and O–H groups in total. The summed E-state index contributed by atoms with van der Waals surface area (Å²) >= 11 is 0. The van der Waals surface area contributed by atoms with E-state index in [0.29, 0.717) is 11.9 Å². The number of carboxylic acid groups (broad SMARTS) is 1. The van der Waals surface area contributed by atoms with Gasteiger partial charge in [-0.05, 0) is 26.7 Å². The lowest BCUT2D eigenvalue weighted by Crippen LogP contribution is -2.17. The number of hydrogen-bond donors (Lipinski definition) is 3. The van der Waals surface area contributed by atoms with Gasteiger partial charge in [0.05, 0.1) is 5.69 Å². The summed E-state index contributed by atoms with van der Waals surface area (Å²) in [7, 11) is 0. The van der Waals surface area contributed by atoms with E-state index in [-0.39, 0.29) is 12.6 Å². The van der Waals surface area contributed by atoms with E-state index in [4.69, 9.17) is 5.11 Å². The highest BCUT2D eigenvalue weighted by molar-refractivity contribution is 5.72. The molecule has 1 saturated carbocycles. The van der Waals surface area contributed by atoms with Gasteiger partial charge in [0.25, 0.3) is 0 Å². The first kappa shape index (κ1) is 12.6. The molecule has 18 heavy (non-hydrogen) atoms. The summed E-state index contributed by atoms with van der Waals surface area (Å²) in [6.07, 6.45) is 2.30. The van der Waals surface area contributed by atoms with Crippen molar-refractivity contribution in [2.75, 3.05) is 17.2 Å². The number of carboxylic acids is 1. The topological polar surface area (TPSA) is 87.1 Å². The molecule has 0 spiro atoms. The second-order valence-corrected chi connectivity index (χ2v) is 4.82. The zero-order valence-corrected chi connectivity index (χ0v) is 10.6. The van der Waals surface area contributed by atoms with Crippen molar-refractivity contribution in [2.24, 2.45) is 0 Å². The number of nitrogens with zero attached hydrogens (tertiary/aromatic N) is 2. The van der Waals surface area contributed by atoms with Crippen molar-refractivity contribution >= 4 is 17.7 Å². The van der Waals surface area contributed by atoms with Gasteiger partial charge in [-0.1, -0.05) is 0 Å². The number of rotatable bonds is 6. The standard InChI is InChI=1S/C12H18N4O2/c1-7(2)14-10-5-9(8-3-4-8)15-12(16-10)13-6-11(17)18/h5,7-8H,3-4,6H2,1-2H3,(H,17,18)(H2,13,14,15,16). The molecule has 0 amide bonds. The first-order valence-electron chi connectivity index (χ1n) is 6.16. The summed E-state index contributed by atoms with van der Waals surface area (Å²) < 4.78 is 0. The highest BCUT2D eigenvalue weighted by Crippen LogP contribution is 2.39. The number of hydrogen-bond acceptors (Lipinski definition) is 5. The van der Waals surface area contributed by atoms with E-state index < -0.39 is 5.97 Å². The van der Waals surface area contributed by atoms with Crippen LogP contribution in [0.2, 0.25) is 0 Å². The Labute approximate surface area is 106 Å². The Balaban J connectivity index is 2.16. The highest BCUT2D eigenvalue weighted by atomic mass is 16.4. The van der Waals surface area contributed by atoms with E-state index in [1.165, 1.54) is 0 Å². The van der Waals surface area contributed by atoms with Gasteiger partial charge >= 0.3 is 5.97 Å². The molecule has 1 fully saturated rings. The fourth-order valence-electron chi connectivity index (χ4n) is 1.66. The highest BCUT2D eigenvalue weighted by Gasteiger charge is 2.26. The number of anilines is 2. The van der Waals surface area contributed by atoms with Crippen LogP contribution in [0.5, 0.6) is 0 Å². The van der Waals surface area contributed by atoms with E-state index in [2.05, 4.69) is 20.6 Å². The van der Waals surface area contributed by atoms with Crippen LogP contribution >= 0.6 is 0 Å². The SMILES string of the molecule is CC(C)Nc1cc(C2CC2)nc(NCC(=O)O)n1. The lowest BCUT2D eigenvalue weighted by atomic mass is 10.2. The molecule has 0 unspecified atom stereocenters. The molecule has 1 aliphatic carbocycles. The monoisotopic (exact) mass is 250 g/mol. The van der Waals surface area contributed by atoms with Gasteiger partial charge in [0.2, 0.25) is 5.95 Å². The van der Waals surface area contributed by atoms with E-state index in [9.17, 15) is 4.79 Å². The molecule has 98 valence electrons. The third-order valence-electron chi connectivity index (χ3n) is 2.58. The average Bonchev–Trinajstić information content (AvgIpc) is 3.08. The molecule has 6 heteroatoms. The first-order chi connectivity index (χ1) is 8.54. The Morgan fingerprint density at radius 1 is 1.50 bits per heavy atom. The smallest absolute Gasteiger partial charge is 0.322 e. The van der Waals surface area contributed by atoms with Gasteiger partial charge in [0.15, 0.2) is 0 Å². The summed E-state index contributed by atoms with van der Waals surface area (Å²) in [6, 6.07) is 2.23. The summed E-state index contributed by atoms with van der Waals surface area (Å²) in [5.41, 5.74) is 0.987. The van der Waals surface area contributed by atoms with E-state index in [0.717, 1.165) is 24.4 Å². The molecular weight excluding hydrogens is 232 g/mol. The van der Waals surface area contributed by atoms with E-state index in [1.807, 2.05) is 19.9 Å². The quantitative estimate of drug-likeness (QED) is 0.712. The molecule has 0 radical (unpaired) electrons. The van der Waals surface area contributed by atoms with Gasteiger partial charge in [-0.3, -0.25) is 4.79 Å². The van der Waals surface area contributed by atoms with Crippen LogP contribution in [0, 0.1) is 0 Å². The molecule has 0 aromatic carbocycles. The van der Waals surface area contributed by atoms with Crippen LogP contribution in [0.25, 0.3) is 0 Å². The second kappa shape index (κ2) is 5.20. The predicted octanol–water partition coefficient (Wildman–Crippen LogP) is 1.67. The minimum atomic E-state index is -0.922. The van der Waals surface area contributed by atoms with Gasteiger partial charge in [-0.2, -0.15) is 4.98 Å². The van der Waals surface area contributed by atoms with Crippen molar-refractivity contribution in [1.82, 2.24) is 9.97 Å². The Morgan fingerprint density at radius 3 is 2.78 bits per heavy atom. The molecule has 1 aromatic heterocycles. The van der Waals surface area contributed by atoms with Crippen LogP contribution in [-0.4, -0.2) is 33.6 Å². The maximum atomic E-state index is 10.5. The number of aromatic nitrogens is 2. The maximum absolute atomic E-state index is 10.5. The summed E-state index contributed by atoms with van der Waals surface area (Å²) in [4.78, 5) is 19.1. The molecule has 0 atom stereocenters. The van der Waals surface area contributed by atoms with E-state index in [1.54, 1.807) is 0 Å². The van der Waals surface area contributed by atoms with Gasteiger partial charge in [0, 0.05) is 18.0 Å². The molecule has 2 rings (SSSR count). The van der Waals surface area contributed by atoms with Crippen LogP contribution in [0.1, 0.15) is 38.3 Å². The fourth-order valence-corrected chi connectivity index (χ4v) is 1.66. The third kappa shape index (κ3) is 3.58. The minimum absolute atomic E-state index is 0.171. The Kier molecular flexibility index (Phi) is 3.64. The van der Waals surface area contributed by atoms with Gasteiger partial charge < -0.3 is 15.7 Å². The molecule has 0 saturated heterocycles. The van der Waals surface area contributed by atoms with Crippen molar-refractivity contribution in [2.45, 2.75) is 38.6 Å². The molecular formula is C12H18N4O2. The third-order valence-corrected chi connectivity index (χ3v) is 2.58. The molecule has 6 nitrogen and oxygen atoms in total. The van der Waals surface area contributed by atoms with Gasteiger partial charge in [-0.15, -0.1) is 0 Å².